The fourth-order valence-electron chi connectivity index (χ4n) is 1.43. The zero-order valence-electron chi connectivity index (χ0n) is 9.00. The first-order chi connectivity index (χ1) is 7.04. The average Bonchev–Trinajstić information content (AvgIpc) is 2.15. The molecule has 0 saturated heterocycles. The van der Waals surface area contributed by atoms with Crippen LogP contribution in [0.15, 0.2) is 18.2 Å². The minimum atomic E-state index is 0.379. The van der Waals surface area contributed by atoms with Crippen LogP contribution in [0.25, 0.3) is 0 Å². The van der Waals surface area contributed by atoms with Crippen LogP contribution in [0, 0.1) is 0 Å². The minimum absolute atomic E-state index is 0.379. The quantitative estimate of drug-likeness (QED) is 0.885. The highest BCUT2D eigenvalue weighted by molar-refractivity contribution is 6.35. The Morgan fingerprint density at radius 2 is 1.80 bits per heavy atom. The zero-order valence-corrected chi connectivity index (χ0v) is 10.5. The molecule has 0 fully saturated rings. The summed E-state index contributed by atoms with van der Waals surface area (Å²) in [7, 11) is 2.02. The first-order valence-corrected chi connectivity index (χ1v) is 5.69. The predicted octanol–water partition coefficient (Wildman–Crippen LogP) is 3.17. The van der Waals surface area contributed by atoms with Gasteiger partial charge in [0, 0.05) is 28.8 Å². The van der Waals surface area contributed by atoms with E-state index in [-0.39, 0.29) is 0 Å². The molecule has 2 N–H and O–H groups in total. The molecule has 0 amide bonds. The maximum atomic E-state index is 5.94. The number of hydrogen-bond acceptors (Lipinski definition) is 2. The Hall–Kier alpha value is -0.440. The molecular formula is C11H16Cl2N2. The standard InChI is InChI=1S/C11H16Cl2N2/c1-8(3-4-14)15(2)11-6-9(12)5-10(13)7-11/h5-8H,3-4,14H2,1-2H3. The number of nitrogens with zero attached hydrogens (tertiary/aromatic N) is 1. The van der Waals surface area contributed by atoms with Gasteiger partial charge >= 0.3 is 0 Å². The molecule has 0 aliphatic heterocycles. The molecule has 1 rings (SSSR count). The second-order valence-corrected chi connectivity index (χ2v) is 4.54. The molecule has 0 saturated carbocycles. The molecule has 1 atom stereocenters. The lowest BCUT2D eigenvalue weighted by Gasteiger charge is -2.27. The Morgan fingerprint density at radius 3 is 2.27 bits per heavy atom. The summed E-state index contributed by atoms with van der Waals surface area (Å²) in [4.78, 5) is 2.13. The molecule has 1 aromatic carbocycles. The maximum absolute atomic E-state index is 5.94. The normalized spacial score (nSPS) is 12.6. The van der Waals surface area contributed by atoms with Gasteiger partial charge in [0.15, 0.2) is 0 Å². The van der Waals surface area contributed by atoms with Gasteiger partial charge in [-0.05, 0) is 38.1 Å². The van der Waals surface area contributed by atoms with Crippen molar-refractivity contribution in [3.8, 4) is 0 Å². The molecule has 0 aliphatic carbocycles. The first kappa shape index (κ1) is 12.6. The molecule has 15 heavy (non-hydrogen) atoms. The summed E-state index contributed by atoms with van der Waals surface area (Å²) in [5.74, 6) is 0. The van der Waals surface area contributed by atoms with E-state index in [1.807, 2.05) is 19.2 Å². The molecule has 0 aromatic heterocycles. The monoisotopic (exact) mass is 246 g/mol. The summed E-state index contributed by atoms with van der Waals surface area (Å²) < 4.78 is 0. The Labute approximate surface area is 101 Å². The van der Waals surface area contributed by atoms with Crippen LogP contribution in [-0.2, 0) is 0 Å². The van der Waals surface area contributed by atoms with E-state index in [1.165, 1.54) is 0 Å². The van der Waals surface area contributed by atoms with Gasteiger partial charge in [0.05, 0.1) is 0 Å². The topological polar surface area (TPSA) is 29.3 Å². The molecule has 1 unspecified atom stereocenters. The fraction of sp³-hybridized carbons (Fsp3) is 0.455. The smallest absolute Gasteiger partial charge is 0.0441 e. The van der Waals surface area contributed by atoms with Crippen LogP contribution in [0.4, 0.5) is 5.69 Å². The van der Waals surface area contributed by atoms with Gasteiger partial charge in [-0.1, -0.05) is 23.2 Å². The largest absolute Gasteiger partial charge is 0.372 e. The van der Waals surface area contributed by atoms with Crippen molar-refractivity contribution in [2.75, 3.05) is 18.5 Å². The molecule has 0 spiro atoms. The van der Waals surface area contributed by atoms with Crippen LogP contribution >= 0.6 is 23.2 Å². The highest BCUT2D eigenvalue weighted by atomic mass is 35.5. The number of halogens is 2. The van der Waals surface area contributed by atoms with E-state index in [0.29, 0.717) is 22.6 Å². The average molecular weight is 247 g/mol. The van der Waals surface area contributed by atoms with Crippen molar-refractivity contribution in [2.24, 2.45) is 5.73 Å². The van der Waals surface area contributed by atoms with E-state index in [1.54, 1.807) is 6.07 Å². The van der Waals surface area contributed by atoms with E-state index in [0.717, 1.165) is 12.1 Å². The molecule has 84 valence electrons. The molecule has 0 aliphatic rings. The van der Waals surface area contributed by atoms with E-state index >= 15 is 0 Å². The van der Waals surface area contributed by atoms with Gasteiger partial charge in [-0.2, -0.15) is 0 Å². The van der Waals surface area contributed by atoms with E-state index < -0.39 is 0 Å². The summed E-state index contributed by atoms with van der Waals surface area (Å²) in [5, 5.41) is 1.31. The van der Waals surface area contributed by atoms with Crippen LogP contribution in [-0.4, -0.2) is 19.6 Å². The molecule has 0 radical (unpaired) electrons. The summed E-state index contributed by atoms with van der Waals surface area (Å²) in [6.45, 7) is 2.81. The third-order valence-corrected chi connectivity index (χ3v) is 2.94. The van der Waals surface area contributed by atoms with Crippen molar-refractivity contribution in [2.45, 2.75) is 19.4 Å². The Balaban J connectivity index is 2.85. The zero-order chi connectivity index (χ0) is 11.4. The van der Waals surface area contributed by atoms with Crippen LogP contribution < -0.4 is 10.6 Å². The molecule has 2 nitrogen and oxygen atoms in total. The van der Waals surface area contributed by atoms with E-state index in [9.17, 15) is 0 Å². The molecule has 0 bridgehead atoms. The number of hydrogen-bond donors (Lipinski definition) is 1. The number of anilines is 1. The predicted molar refractivity (Wildman–Crippen MR) is 68.0 cm³/mol. The fourth-order valence-corrected chi connectivity index (χ4v) is 1.95. The summed E-state index contributed by atoms with van der Waals surface area (Å²) in [6, 6.07) is 5.92. The lowest BCUT2D eigenvalue weighted by molar-refractivity contribution is 0.635. The second-order valence-electron chi connectivity index (χ2n) is 3.66. The highest BCUT2D eigenvalue weighted by Gasteiger charge is 2.10. The van der Waals surface area contributed by atoms with Gasteiger partial charge in [-0.3, -0.25) is 0 Å². The Morgan fingerprint density at radius 1 is 1.27 bits per heavy atom. The van der Waals surface area contributed by atoms with Gasteiger partial charge < -0.3 is 10.6 Å². The Kier molecular flexibility index (Phi) is 4.71. The molecule has 0 heterocycles. The van der Waals surface area contributed by atoms with Crippen molar-refractivity contribution < 1.29 is 0 Å². The number of rotatable bonds is 4. The summed E-state index contributed by atoms with van der Waals surface area (Å²) >= 11 is 11.9. The van der Waals surface area contributed by atoms with Gasteiger partial charge in [-0.25, -0.2) is 0 Å². The van der Waals surface area contributed by atoms with Gasteiger partial charge in [0.2, 0.25) is 0 Å². The van der Waals surface area contributed by atoms with Gasteiger partial charge in [0.25, 0.3) is 0 Å². The van der Waals surface area contributed by atoms with Crippen LogP contribution in [0.5, 0.6) is 0 Å². The van der Waals surface area contributed by atoms with Gasteiger partial charge in [-0.15, -0.1) is 0 Å². The Bertz CT molecular complexity index is 308. The third kappa shape index (κ3) is 3.56. The second kappa shape index (κ2) is 5.59. The molecule has 1 aromatic rings. The molecular weight excluding hydrogens is 231 g/mol. The lowest BCUT2D eigenvalue weighted by Crippen LogP contribution is -2.30. The summed E-state index contributed by atoms with van der Waals surface area (Å²) in [5.41, 5.74) is 6.55. The van der Waals surface area contributed by atoms with Crippen molar-refractivity contribution in [3.63, 3.8) is 0 Å². The van der Waals surface area contributed by atoms with E-state index in [4.69, 9.17) is 28.9 Å². The lowest BCUT2D eigenvalue weighted by atomic mass is 10.2. The number of benzene rings is 1. The van der Waals surface area contributed by atoms with Crippen molar-refractivity contribution in [1.29, 1.82) is 0 Å². The maximum Gasteiger partial charge on any atom is 0.0441 e. The SMILES string of the molecule is CC(CCN)N(C)c1cc(Cl)cc(Cl)c1. The third-order valence-electron chi connectivity index (χ3n) is 2.50. The summed E-state index contributed by atoms with van der Waals surface area (Å²) in [6.07, 6.45) is 0.945. The van der Waals surface area contributed by atoms with Crippen LogP contribution in [0.3, 0.4) is 0 Å². The van der Waals surface area contributed by atoms with Crippen molar-refractivity contribution in [3.05, 3.63) is 28.2 Å². The van der Waals surface area contributed by atoms with Crippen molar-refractivity contribution >= 4 is 28.9 Å². The molecule has 4 heteroatoms. The number of nitrogens with two attached hydrogens (primary N) is 1. The highest BCUT2D eigenvalue weighted by Crippen LogP contribution is 2.26. The van der Waals surface area contributed by atoms with Gasteiger partial charge in [0.1, 0.15) is 0 Å². The van der Waals surface area contributed by atoms with E-state index in [2.05, 4.69) is 11.8 Å². The first-order valence-electron chi connectivity index (χ1n) is 4.93. The van der Waals surface area contributed by atoms with Crippen LogP contribution in [0.2, 0.25) is 10.0 Å². The van der Waals surface area contributed by atoms with Crippen molar-refractivity contribution in [1.82, 2.24) is 0 Å². The van der Waals surface area contributed by atoms with Crippen LogP contribution in [0.1, 0.15) is 13.3 Å². The minimum Gasteiger partial charge on any atom is -0.372 e.